The molecule has 11 heteroatoms. The largest absolute Gasteiger partial charge is 0.497 e. The third-order valence-electron chi connectivity index (χ3n) is 4.18. The van der Waals surface area contributed by atoms with Crippen molar-refractivity contribution in [2.24, 2.45) is 0 Å². The number of esters is 1. The van der Waals surface area contributed by atoms with Crippen LogP contribution in [-0.2, 0) is 19.6 Å². The third-order valence-corrected chi connectivity index (χ3v) is 6.09. The Hall–Kier alpha value is -3.34. The van der Waals surface area contributed by atoms with Crippen LogP contribution in [0.5, 0.6) is 11.5 Å². The minimum Gasteiger partial charge on any atom is -0.497 e. The lowest BCUT2D eigenvalue weighted by Gasteiger charge is -2.26. The van der Waals surface area contributed by atoms with Gasteiger partial charge in [0, 0.05) is 18.2 Å². The molecular formula is C19H22N2O8S. The molecule has 0 bridgehead atoms. The van der Waals surface area contributed by atoms with Gasteiger partial charge in [0.2, 0.25) is 0 Å². The van der Waals surface area contributed by atoms with Crippen LogP contribution in [0.25, 0.3) is 0 Å². The standard InChI is InChI=1S/C19H22N2O8S/c1-5-29-19(22)12-20(16-11-15(27-3)8-9-17(16)28-4)30(25,26)18-10-14(21(23)24)7-6-13(18)2/h6-11H,5,12H2,1-4H3. The van der Waals surface area contributed by atoms with E-state index in [1.54, 1.807) is 13.0 Å². The Labute approximate surface area is 174 Å². The molecule has 10 nitrogen and oxygen atoms in total. The number of aryl methyl sites for hydroxylation is 1. The van der Waals surface area contributed by atoms with Gasteiger partial charge in [0.15, 0.2) is 0 Å². The van der Waals surface area contributed by atoms with Crippen molar-refractivity contribution in [2.75, 3.05) is 31.7 Å². The molecule has 0 heterocycles. The summed E-state index contributed by atoms with van der Waals surface area (Å²) in [5, 5.41) is 11.2. The number of methoxy groups -OCH3 is 2. The molecule has 0 radical (unpaired) electrons. The fourth-order valence-electron chi connectivity index (χ4n) is 2.71. The predicted molar refractivity (Wildman–Crippen MR) is 109 cm³/mol. The summed E-state index contributed by atoms with van der Waals surface area (Å²) in [5.74, 6) is -0.314. The number of non-ortho nitro benzene ring substituents is 1. The topological polar surface area (TPSA) is 125 Å². The molecule has 2 rings (SSSR count). The molecule has 0 aliphatic rings. The summed E-state index contributed by atoms with van der Waals surface area (Å²) in [5.41, 5.74) is -0.0972. The van der Waals surface area contributed by atoms with Gasteiger partial charge < -0.3 is 14.2 Å². The summed E-state index contributed by atoms with van der Waals surface area (Å²) in [6, 6.07) is 7.93. The molecule has 0 N–H and O–H groups in total. The Balaban J connectivity index is 2.73. The number of nitro benzene ring substituents is 1. The van der Waals surface area contributed by atoms with Crippen molar-refractivity contribution in [1.29, 1.82) is 0 Å². The van der Waals surface area contributed by atoms with E-state index >= 15 is 0 Å². The zero-order chi connectivity index (χ0) is 22.5. The molecule has 0 saturated heterocycles. The van der Waals surface area contributed by atoms with Crippen LogP contribution in [0.3, 0.4) is 0 Å². The van der Waals surface area contributed by atoms with Gasteiger partial charge in [-0.25, -0.2) is 8.42 Å². The summed E-state index contributed by atoms with van der Waals surface area (Å²) in [6.07, 6.45) is 0. The van der Waals surface area contributed by atoms with Crippen LogP contribution in [0.2, 0.25) is 0 Å². The lowest BCUT2D eigenvalue weighted by molar-refractivity contribution is -0.385. The lowest BCUT2D eigenvalue weighted by Crippen LogP contribution is -2.37. The van der Waals surface area contributed by atoms with Crippen molar-refractivity contribution in [3.63, 3.8) is 0 Å². The SMILES string of the molecule is CCOC(=O)CN(c1cc(OC)ccc1OC)S(=O)(=O)c1cc([N+](=O)[O-])ccc1C. The monoisotopic (exact) mass is 438 g/mol. The van der Waals surface area contributed by atoms with Gasteiger partial charge in [-0.2, -0.15) is 0 Å². The summed E-state index contributed by atoms with van der Waals surface area (Å²) in [6.45, 7) is 2.48. The van der Waals surface area contributed by atoms with E-state index in [2.05, 4.69) is 0 Å². The number of anilines is 1. The Bertz CT molecular complexity index is 1050. The summed E-state index contributed by atoms with van der Waals surface area (Å²) in [7, 11) is -1.67. The Morgan fingerprint density at radius 3 is 2.40 bits per heavy atom. The highest BCUT2D eigenvalue weighted by Crippen LogP contribution is 2.36. The average Bonchev–Trinajstić information content (AvgIpc) is 2.71. The molecule has 0 fully saturated rings. The van der Waals surface area contributed by atoms with Gasteiger partial charge in [-0.1, -0.05) is 6.07 Å². The van der Waals surface area contributed by atoms with Crippen LogP contribution in [0.15, 0.2) is 41.3 Å². The molecule has 0 unspecified atom stereocenters. The van der Waals surface area contributed by atoms with E-state index < -0.39 is 33.1 Å². The van der Waals surface area contributed by atoms with Gasteiger partial charge in [-0.05, 0) is 31.5 Å². The van der Waals surface area contributed by atoms with E-state index in [1.807, 2.05) is 0 Å². The quantitative estimate of drug-likeness (QED) is 0.332. The normalized spacial score (nSPS) is 10.9. The van der Waals surface area contributed by atoms with Gasteiger partial charge >= 0.3 is 5.97 Å². The number of nitro groups is 1. The molecule has 2 aromatic rings. The van der Waals surface area contributed by atoms with Gasteiger partial charge in [-0.15, -0.1) is 0 Å². The number of sulfonamides is 1. The first-order chi connectivity index (χ1) is 14.1. The zero-order valence-electron chi connectivity index (χ0n) is 16.9. The molecular weight excluding hydrogens is 416 g/mol. The lowest BCUT2D eigenvalue weighted by atomic mass is 10.2. The van der Waals surface area contributed by atoms with Crippen LogP contribution < -0.4 is 13.8 Å². The molecule has 0 aliphatic heterocycles. The smallest absolute Gasteiger partial charge is 0.326 e. The Morgan fingerprint density at radius 1 is 1.13 bits per heavy atom. The molecule has 30 heavy (non-hydrogen) atoms. The number of rotatable bonds is 9. The zero-order valence-corrected chi connectivity index (χ0v) is 17.8. The number of carbonyl (C=O) groups is 1. The molecule has 162 valence electrons. The van der Waals surface area contributed by atoms with E-state index in [9.17, 15) is 23.3 Å². The maximum Gasteiger partial charge on any atom is 0.326 e. The van der Waals surface area contributed by atoms with E-state index in [0.717, 1.165) is 10.4 Å². The van der Waals surface area contributed by atoms with E-state index in [1.165, 1.54) is 45.4 Å². The molecule has 0 amide bonds. The minimum absolute atomic E-state index is 0.0239. The highest BCUT2D eigenvalue weighted by atomic mass is 32.2. The maximum absolute atomic E-state index is 13.5. The van der Waals surface area contributed by atoms with Crippen molar-refractivity contribution >= 4 is 27.4 Å². The fraction of sp³-hybridized carbons (Fsp3) is 0.316. The number of hydrogen-bond donors (Lipinski definition) is 0. The first-order valence-corrected chi connectivity index (χ1v) is 10.2. The number of hydrogen-bond acceptors (Lipinski definition) is 8. The highest BCUT2D eigenvalue weighted by Gasteiger charge is 2.32. The fourth-order valence-corrected chi connectivity index (χ4v) is 4.37. The summed E-state index contributed by atoms with van der Waals surface area (Å²) >= 11 is 0. The molecule has 0 saturated carbocycles. The average molecular weight is 438 g/mol. The number of carbonyl (C=O) groups excluding carboxylic acids is 1. The first kappa shape index (κ1) is 22.9. The summed E-state index contributed by atoms with van der Waals surface area (Å²) < 4.78 is 43.2. The summed E-state index contributed by atoms with van der Waals surface area (Å²) in [4.78, 5) is 22.4. The second-order valence-electron chi connectivity index (χ2n) is 6.06. The van der Waals surface area contributed by atoms with Gasteiger partial charge in [0.25, 0.3) is 15.7 Å². The van der Waals surface area contributed by atoms with E-state index in [0.29, 0.717) is 5.75 Å². The molecule has 0 atom stereocenters. The van der Waals surface area contributed by atoms with Crippen molar-refractivity contribution < 1.29 is 32.3 Å². The third kappa shape index (κ3) is 4.79. The number of ether oxygens (including phenoxy) is 3. The number of benzene rings is 2. The highest BCUT2D eigenvalue weighted by molar-refractivity contribution is 7.93. The maximum atomic E-state index is 13.5. The Morgan fingerprint density at radius 2 is 1.83 bits per heavy atom. The van der Waals surface area contributed by atoms with E-state index in [4.69, 9.17) is 14.2 Å². The van der Waals surface area contributed by atoms with Crippen LogP contribution in [0, 0.1) is 17.0 Å². The van der Waals surface area contributed by atoms with Crippen LogP contribution in [-0.4, -0.2) is 46.7 Å². The van der Waals surface area contributed by atoms with Crippen molar-refractivity contribution in [3.8, 4) is 11.5 Å². The molecule has 0 aromatic heterocycles. The van der Waals surface area contributed by atoms with Gasteiger partial charge in [-0.3, -0.25) is 19.2 Å². The Kier molecular flexibility index (Phi) is 7.22. The minimum atomic E-state index is -4.42. The van der Waals surface area contributed by atoms with Gasteiger partial charge in [0.05, 0.1) is 36.3 Å². The van der Waals surface area contributed by atoms with Crippen LogP contribution >= 0.6 is 0 Å². The van der Waals surface area contributed by atoms with Crippen molar-refractivity contribution in [2.45, 2.75) is 18.7 Å². The predicted octanol–water partition coefficient (Wildman–Crippen LogP) is 2.68. The van der Waals surface area contributed by atoms with Crippen LogP contribution in [0.1, 0.15) is 12.5 Å². The molecule has 0 aliphatic carbocycles. The molecule has 0 spiro atoms. The van der Waals surface area contributed by atoms with Gasteiger partial charge in [0.1, 0.15) is 18.0 Å². The first-order valence-electron chi connectivity index (χ1n) is 8.81. The second kappa shape index (κ2) is 9.44. The van der Waals surface area contributed by atoms with Crippen molar-refractivity contribution in [1.82, 2.24) is 0 Å². The number of nitrogens with zero attached hydrogens (tertiary/aromatic N) is 2. The molecule has 2 aromatic carbocycles. The van der Waals surface area contributed by atoms with Crippen molar-refractivity contribution in [3.05, 3.63) is 52.1 Å². The second-order valence-corrected chi connectivity index (χ2v) is 7.89. The van der Waals surface area contributed by atoms with Crippen LogP contribution in [0.4, 0.5) is 11.4 Å². The van der Waals surface area contributed by atoms with E-state index in [-0.39, 0.29) is 28.5 Å².